The van der Waals surface area contributed by atoms with E-state index in [0.29, 0.717) is 11.5 Å². The fraction of sp³-hybridized carbons (Fsp3) is 0.364. The number of ether oxygens (including phenoxy) is 1. The number of hydrogen-bond acceptors (Lipinski definition) is 4. The Balaban J connectivity index is 0.00000693. The van der Waals surface area contributed by atoms with Crippen molar-refractivity contribution in [3.05, 3.63) is 174 Å². The maximum absolute atomic E-state index is 6.80. The van der Waals surface area contributed by atoms with Crippen molar-refractivity contribution in [2.75, 3.05) is 9.80 Å². The van der Waals surface area contributed by atoms with Gasteiger partial charge in [-0.05, 0) is 125 Å². The Kier molecular flexibility index (Phi) is 13.4. The van der Waals surface area contributed by atoms with Crippen molar-refractivity contribution >= 4 is 44.6 Å². The predicted molar refractivity (Wildman–Crippen MR) is 302 cm³/mol. The normalized spacial score (nSPS) is 13.8. The Bertz CT molecular complexity index is 3270. The summed E-state index contributed by atoms with van der Waals surface area (Å²) in [4.78, 5) is 9.56. The van der Waals surface area contributed by atoms with E-state index in [-0.39, 0.29) is 53.6 Å². The average Bonchev–Trinajstić information content (AvgIpc) is 3.82. The van der Waals surface area contributed by atoms with Crippen molar-refractivity contribution in [3.8, 4) is 28.4 Å². The Hall–Kier alpha value is -5.64. The van der Waals surface area contributed by atoms with Gasteiger partial charge in [0.05, 0.1) is 0 Å². The zero-order valence-corrected chi connectivity index (χ0v) is 48.4. The molecule has 5 nitrogen and oxygen atoms in total. The first-order valence-electron chi connectivity index (χ1n) is 25.5. The molecule has 0 fully saturated rings. The zero-order chi connectivity index (χ0) is 51.4. The number of anilines is 4. The van der Waals surface area contributed by atoms with Gasteiger partial charge in [-0.25, -0.2) is 4.98 Å². The fourth-order valence-corrected chi connectivity index (χ4v) is 9.83. The van der Waals surface area contributed by atoms with E-state index in [1.165, 1.54) is 44.5 Å². The van der Waals surface area contributed by atoms with Crippen LogP contribution < -0.4 is 14.5 Å². The Labute approximate surface area is 446 Å². The van der Waals surface area contributed by atoms with Crippen LogP contribution in [0.1, 0.15) is 158 Å². The molecule has 8 aromatic rings. The molecule has 0 unspecified atom stereocenters. The molecule has 0 spiro atoms. The van der Waals surface area contributed by atoms with Crippen molar-refractivity contribution in [3.63, 3.8) is 0 Å². The van der Waals surface area contributed by atoms with Crippen LogP contribution in [-0.2, 0) is 53.6 Å². The standard InChI is InChI=1S/C66H75N4O.Pt/c1-61(2,3)43-30-31-67-59(38-43)70-55-25-20-19-24-51(55)52-28-27-50(40-57(52)70)71-49-23-21-22-47(39-49)68-41-69(48-34-44(62(4,5)6)33-45(35-48)63(7,8)9)56-29-26-42(32-58(56)68)60-53(65(13,14)15)36-46(64(10,11)12)37-54(60)66(16,17)18;/h19-38,41H,1-18H3;/q-3;. The van der Waals surface area contributed by atoms with Crippen LogP contribution in [0.3, 0.4) is 0 Å². The van der Waals surface area contributed by atoms with Crippen LogP contribution in [0.2, 0.25) is 0 Å². The molecule has 1 aliphatic rings. The summed E-state index contributed by atoms with van der Waals surface area (Å²) >= 11 is 0. The number of para-hydroxylation sites is 1. The third-order valence-electron chi connectivity index (χ3n) is 14.2. The van der Waals surface area contributed by atoms with E-state index in [1.54, 1.807) is 0 Å². The smallest absolute Gasteiger partial charge is 0.135 e. The van der Waals surface area contributed by atoms with Crippen molar-refractivity contribution in [2.45, 2.75) is 157 Å². The first kappa shape index (κ1) is 52.7. The third-order valence-corrected chi connectivity index (χ3v) is 14.2. The SMILES string of the molecule is CC(C)(C)c1cc(N2[CH-]N(c3[c-]c(Oc4[c-]c5c(cc4)c4ccccc4n5-c4cc(C(C)(C)C)ccn4)ccc3)c3cc(-c4c(C(C)(C)C)cc(C(C)(C)C)cc4C(C)(C)C)ccc32)cc(C(C)(C)C)c1.[Pt]. The molecular weight excluding hydrogens is 1060 g/mol. The average molecular weight is 1140 g/mol. The number of nitrogens with zero attached hydrogens (tertiary/aromatic N) is 4. The number of rotatable bonds is 6. The van der Waals surface area contributed by atoms with Gasteiger partial charge in [0.1, 0.15) is 5.82 Å². The van der Waals surface area contributed by atoms with Crippen LogP contribution in [0.15, 0.2) is 121 Å². The van der Waals surface area contributed by atoms with E-state index in [1.807, 2.05) is 18.3 Å². The minimum absolute atomic E-state index is 0. The number of benzene rings is 6. The molecule has 0 saturated heterocycles. The quantitative estimate of drug-likeness (QED) is 0.155. The summed E-state index contributed by atoms with van der Waals surface area (Å²) in [7, 11) is 0. The number of fused-ring (bicyclic) bond motifs is 4. The summed E-state index contributed by atoms with van der Waals surface area (Å²) in [5.41, 5.74) is 16.3. The summed E-state index contributed by atoms with van der Waals surface area (Å²) in [6, 6.07) is 49.7. The van der Waals surface area contributed by atoms with Gasteiger partial charge >= 0.3 is 0 Å². The Morgan fingerprint density at radius 1 is 0.472 bits per heavy atom. The predicted octanol–water partition coefficient (Wildman–Crippen LogP) is 18.4. The molecule has 9 rings (SSSR count). The van der Waals surface area contributed by atoms with E-state index in [2.05, 4.69) is 261 Å². The third kappa shape index (κ3) is 10.2. The van der Waals surface area contributed by atoms with Crippen molar-refractivity contribution in [1.29, 1.82) is 0 Å². The molecular formula is C66H75N4OPt-3. The van der Waals surface area contributed by atoms with Crippen LogP contribution in [0.5, 0.6) is 11.5 Å². The molecule has 0 bridgehead atoms. The number of aromatic nitrogens is 2. The maximum atomic E-state index is 6.80. The Morgan fingerprint density at radius 3 is 1.65 bits per heavy atom. The van der Waals surface area contributed by atoms with E-state index in [4.69, 9.17) is 9.72 Å². The molecule has 1 aliphatic heterocycles. The molecule has 0 radical (unpaired) electrons. The van der Waals surface area contributed by atoms with Gasteiger partial charge in [0.2, 0.25) is 0 Å². The molecule has 0 saturated carbocycles. The minimum Gasteiger partial charge on any atom is -0.509 e. The minimum atomic E-state index is -0.106. The van der Waals surface area contributed by atoms with Gasteiger partial charge in [-0.2, -0.15) is 12.1 Å². The summed E-state index contributed by atoms with van der Waals surface area (Å²) in [6.07, 6.45) is 1.91. The van der Waals surface area contributed by atoms with Gasteiger partial charge in [-0.15, -0.1) is 48.1 Å². The van der Waals surface area contributed by atoms with Gasteiger partial charge in [-0.1, -0.05) is 173 Å². The Morgan fingerprint density at radius 2 is 1.06 bits per heavy atom. The summed E-state index contributed by atoms with van der Waals surface area (Å²) in [5, 5.41) is 2.24. The van der Waals surface area contributed by atoms with Gasteiger partial charge in [0, 0.05) is 61.3 Å². The molecule has 0 aliphatic carbocycles. The van der Waals surface area contributed by atoms with Gasteiger partial charge < -0.3 is 19.1 Å². The molecule has 2 aromatic heterocycles. The molecule has 0 atom stereocenters. The van der Waals surface area contributed by atoms with Gasteiger partial charge in [0.25, 0.3) is 0 Å². The summed E-state index contributed by atoms with van der Waals surface area (Å²) in [5.74, 6) is 2.06. The van der Waals surface area contributed by atoms with Gasteiger partial charge in [0.15, 0.2) is 0 Å². The first-order chi connectivity index (χ1) is 33.0. The topological polar surface area (TPSA) is 33.5 Å². The van der Waals surface area contributed by atoms with Crippen LogP contribution in [-0.4, -0.2) is 9.55 Å². The summed E-state index contributed by atoms with van der Waals surface area (Å²) in [6.45, 7) is 43.9. The number of hydrogen-bond donors (Lipinski definition) is 0. The molecule has 6 heteroatoms. The van der Waals surface area contributed by atoms with E-state index in [0.717, 1.165) is 50.4 Å². The molecule has 378 valence electrons. The fourth-order valence-electron chi connectivity index (χ4n) is 9.83. The van der Waals surface area contributed by atoms with E-state index >= 15 is 0 Å². The van der Waals surface area contributed by atoms with Crippen molar-refractivity contribution in [2.24, 2.45) is 0 Å². The second-order valence-electron chi connectivity index (χ2n) is 26.1. The second-order valence-corrected chi connectivity index (χ2v) is 26.1. The maximum Gasteiger partial charge on any atom is 0.135 e. The molecule has 6 aromatic carbocycles. The van der Waals surface area contributed by atoms with Crippen LogP contribution in [0, 0.1) is 18.8 Å². The first-order valence-corrected chi connectivity index (χ1v) is 25.5. The zero-order valence-electron chi connectivity index (χ0n) is 46.1. The van der Waals surface area contributed by atoms with Crippen LogP contribution in [0.4, 0.5) is 22.7 Å². The van der Waals surface area contributed by atoms with E-state index in [9.17, 15) is 0 Å². The monoisotopic (exact) mass is 1130 g/mol. The van der Waals surface area contributed by atoms with Crippen LogP contribution >= 0.6 is 0 Å². The largest absolute Gasteiger partial charge is 0.509 e. The molecule has 0 N–H and O–H groups in total. The second kappa shape index (κ2) is 18.4. The van der Waals surface area contributed by atoms with Crippen LogP contribution in [0.25, 0.3) is 38.8 Å². The van der Waals surface area contributed by atoms with Gasteiger partial charge in [-0.3, -0.25) is 0 Å². The van der Waals surface area contributed by atoms with Crippen molar-refractivity contribution in [1.82, 2.24) is 9.55 Å². The number of pyridine rings is 1. The molecule has 72 heavy (non-hydrogen) atoms. The molecule has 0 amide bonds. The van der Waals surface area contributed by atoms with E-state index < -0.39 is 0 Å². The summed E-state index contributed by atoms with van der Waals surface area (Å²) < 4.78 is 9.01. The van der Waals surface area contributed by atoms with Crippen molar-refractivity contribution < 1.29 is 25.8 Å². The molecule has 3 heterocycles.